The van der Waals surface area contributed by atoms with Gasteiger partial charge in [0.25, 0.3) is 0 Å². The molecule has 0 bridgehead atoms. The SMILES string of the molecule is CNC1CCCCCC1CN1CCc2ccccc2C1. The van der Waals surface area contributed by atoms with Crippen molar-refractivity contribution in [3.8, 4) is 0 Å². The molecule has 2 nitrogen and oxygen atoms in total. The maximum atomic E-state index is 3.58. The van der Waals surface area contributed by atoms with E-state index >= 15 is 0 Å². The topological polar surface area (TPSA) is 15.3 Å². The molecule has 2 heteroatoms. The first kappa shape index (κ1) is 14.1. The highest BCUT2D eigenvalue weighted by atomic mass is 15.1. The second-order valence-electron chi connectivity index (χ2n) is 6.55. The van der Waals surface area contributed by atoms with Crippen molar-refractivity contribution >= 4 is 0 Å². The van der Waals surface area contributed by atoms with Crippen LogP contribution in [0.15, 0.2) is 24.3 Å². The number of hydrogen-bond donors (Lipinski definition) is 1. The molecule has 1 saturated carbocycles. The summed E-state index contributed by atoms with van der Waals surface area (Å²) in [7, 11) is 2.15. The van der Waals surface area contributed by atoms with Gasteiger partial charge in [0.05, 0.1) is 0 Å². The molecule has 2 aliphatic rings. The molecule has 0 saturated heterocycles. The van der Waals surface area contributed by atoms with Gasteiger partial charge >= 0.3 is 0 Å². The summed E-state index contributed by atoms with van der Waals surface area (Å²) in [5, 5.41) is 3.58. The van der Waals surface area contributed by atoms with E-state index in [4.69, 9.17) is 0 Å². The molecule has 1 aromatic rings. The van der Waals surface area contributed by atoms with E-state index in [1.807, 2.05) is 0 Å². The lowest BCUT2D eigenvalue weighted by Gasteiger charge is -2.34. The van der Waals surface area contributed by atoms with E-state index in [-0.39, 0.29) is 0 Å². The van der Waals surface area contributed by atoms with E-state index in [0.717, 1.165) is 18.5 Å². The summed E-state index contributed by atoms with van der Waals surface area (Å²) in [5.41, 5.74) is 3.11. The first-order chi connectivity index (χ1) is 9.86. The van der Waals surface area contributed by atoms with E-state index in [1.54, 1.807) is 11.1 Å². The van der Waals surface area contributed by atoms with Crippen molar-refractivity contribution < 1.29 is 0 Å². The van der Waals surface area contributed by atoms with Gasteiger partial charge in [-0.1, -0.05) is 43.5 Å². The highest BCUT2D eigenvalue weighted by molar-refractivity contribution is 5.29. The standard InChI is InChI=1S/C18H28N2/c1-19-18-10-4-2-3-9-17(18)14-20-12-11-15-7-5-6-8-16(15)13-20/h5-8,17-19H,2-4,9-14H2,1H3. The van der Waals surface area contributed by atoms with Crippen molar-refractivity contribution in [1.82, 2.24) is 10.2 Å². The summed E-state index contributed by atoms with van der Waals surface area (Å²) in [6.45, 7) is 3.67. The van der Waals surface area contributed by atoms with Crippen LogP contribution in [0.25, 0.3) is 0 Å². The van der Waals surface area contributed by atoms with Crippen LogP contribution >= 0.6 is 0 Å². The first-order valence-electron chi connectivity index (χ1n) is 8.33. The van der Waals surface area contributed by atoms with E-state index in [0.29, 0.717) is 0 Å². The van der Waals surface area contributed by atoms with Gasteiger partial charge in [0.1, 0.15) is 0 Å². The maximum Gasteiger partial charge on any atom is 0.0236 e. The Hall–Kier alpha value is -0.860. The van der Waals surface area contributed by atoms with Crippen molar-refractivity contribution in [2.24, 2.45) is 5.92 Å². The van der Waals surface area contributed by atoms with Gasteiger partial charge in [-0.05, 0) is 43.4 Å². The van der Waals surface area contributed by atoms with Crippen LogP contribution in [0.2, 0.25) is 0 Å². The Labute approximate surface area is 123 Å². The van der Waals surface area contributed by atoms with Gasteiger partial charge in [-0.25, -0.2) is 0 Å². The summed E-state index contributed by atoms with van der Waals surface area (Å²) in [6, 6.07) is 9.70. The molecule has 0 amide bonds. The second kappa shape index (κ2) is 6.73. The minimum absolute atomic E-state index is 0.731. The largest absolute Gasteiger partial charge is 0.317 e. The Morgan fingerprint density at radius 3 is 2.75 bits per heavy atom. The molecule has 1 aromatic carbocycles. The normalized spacial score (nSPS) is 27.9. The number of benzene rings is 1. The van der Waals surface area contributed by atoms with Gasteiger partial charge in [0, 0.05) is 25.7 Å². The lowest BCUT2D eigenvalue weighted by molar-refractivity contribution is 0.183. The lowest BCUT2D eigenvalue weighted by atomic mass is 9.92. The highest BCUT2D eigenvalue weighted by Gasteiger charge is 2.26. The van der Waals surface area contributed by atoms with E-state index in [9.17, 15) is 0 Å². The molecule has 3 rings (SSSR count). The van der Waals surface area contributed by atoms with Crippen molar-refractivity contribution in [3.63, 3.8) is 0 Å². The van der Waals surface area contributed by atoms with Crippen LogP contribution in [0.4, 0.5) is 0 Å². The molecule has 2 atom stereocenters. The Balaban J connectivity index is 1.63. The molecule has 0 aromatic heterocycles. The van der Waals surface area contributed by atoms with Gasteiger partial charge in [0.2, 0.25) is 0 Å². The van der Waals surface area contributed by atoms with Gasteiger partial charge in [0.15, 0.2) is 0 Å². The molecule has 0 spiro atoms. The van der Waals surface area contributed by atoms with Crippen molar-refractivity contribution in [2.45, 2.75) is 51.1 Å². The second-order valence-corrected chi connectivity index (χ2v) is 6.55. The fraction of sp³-hybridized carbons (Fsp3) is 0.667. The van der Waals surface area contributed by atoms with Crippen molar-refractivity contribution in [3.05, 3.63) is 35.4 Å². The van der Waals surface area contributed by atoms with Crippen molar-refractivity contribution in [2.75, 3.05) is 20.1 Å². The minimum Gasteiger partial charge on any atom is -0.317 e. The molecule has 1 fully saturated rings. The van der Waals surface area contributed by atoms with Gasteiger partial charge in [-0.2, -0.15) is 0 Å². The molecular formula is C18H28N2. The lowest BCUT2D eigenvalue weighted by Crippen LogP contribution is -2.42. The maximum absolute atomic E-state index is 3.58. The van der Waals surface area contributed by atoms with Gasteiger partial charge < -0.3 is 5.32 Å². The third-order valence-corrected chi connectivity index (χ3v) is 5.23. The molecule has 2 unspecified atom stereocenters. The average molecular weight is 272 g/mol. The molecule has 1 aliphatic heterocycles. The zero-order valence-corrected chi connectivity index (χ0v) is 12.8. The predicted octanol–water partition coefficient (Wildman–Crippen LogP) is 3.21. The summed E-state index contributed by atoms with van der Waals surface area (Å²) >= 11 is 0. The zero-order valence-electron chi connectivity index (χ0n) is 12.8. The molecule has 1 N–H and O–H groups in total. The van der Waals surface area contributed by atoms with Crippen LogP contribution in [-0.2, 0) is 13.0 Å². The predicted molar refractivity (Wildman–Crippen MR) is 84.8 cm³/mol. The molecule has 0 radical (unpaired) electrons. The third-order valence-electron chi connectivity index (χ3n) is 5.23. The van der Waals surface area contributed by atoms with Crippen molar-refractivity contribution in [1.29, 1.82) is 0 Å². The Kier molecular flexibility index (Phi) is 4.74. The van der Waals surface area contributed by atoms with Crippen LogP contribution in [0.3, 0.4) is 0 Å². The molecule has 1 aliphatic carbocycles. The van der Waals surface area contributed by atoms with Crippen LogP contribution in [0, 0.1) is 5.92 Å². The Morgan fingerprint density at radius 1 is 1.10 bits per heavy atom. The summed E-state index contributed by atoms with van der Waals surface area (Å²) in [6.07, 6.45) is 8.26. The summed E-state index contributed by atoms with van der Waals surface area (Å²) in [4.78, 5) is 2.68. The zero-order chi connectivity index (χ0) is 13.8. The average Bonchev–Trinajstić information content (AvgIpc) is 2.72. The van der Waals surface area contributed by atoms with Gasteiger partial charge in [-0.3, -0.25) is 4.90 Å². The molecule has 20 heavy (non-hydrogen) atoms. The monoisotopic (exact) mass is 272 g/mol. The van der Waals surface area contributed by atoms with Crippen LogP contribution in [-0.4, -0.2) is 31.1 Å². The summed E-state index contributed by atoms with van der Waals surface area (Å²) < 4.78 is 0. The van der Waals surface area contributed by atoms with E-state index in [2.05, 4.69) is 41.5 Å². The number of fused-ring (bicyclic) bond motifs is 1. The smallest absolute Gasteiger partial charge is 0.0236 e. The number of hydrogen-bond acceptors (Lipinski definition) is 2. The number of nitrogens with zero attached hydrogens (tertiary/aromatic N) is 1. The Morgan fingerprint density at radius 2 is 1.90 bits per heavy atom. The Bertz CT molecular complexity index is 429. The van der Waals surface area contributed by atoms with Crippen LogP contribution in [0.5, 0.6) is 0 Å². The minimum atomic E-state index is 0.731. The van der Waals surface area contributed by atoms with E-state index in [1.165, 1.54) is 51.6 Å². The third kappa shape index (κ3) is 3.24. The van der Waals surface area contributed by atoms with Gasteiger partial charge in [-0.15, -0.1) is 0 Å². The fourth-order valence-electron chi connectivity index (χ4n) is 4.02. The van der Waals surface area contributed by atoms with E-state index < -0.39 is 0 Å². The molecule has 1 heterocycles. The number of rotatable bonds is 3. The molecule has 110 valence electrons. The quantitative estimate of drug-likeness (QED) is 0.850. The number of nitrogens with one attached hydrogen (secondary N) is 1. The van der Waals surface area contributed by atoms with Crippen LogP contribution < -0.4 is 5.32 Å². The van der Waals surface area contributed by atoms with Crippen LogP contribution in [0.1, 0.15) is 43.2 Å². The fourth-order valence-corrected chi connectivity index (χ4v) is 4.02. The first-order valence-corrected chi connectivity index (χ1v) is 8.33. The summed E-state index contributed by atoms with van der Waals surface area (Å²) in [5.74, 6) is 0.841. The molecular weight excluding hydrogens is 244 g/mol. The highest BCUT2D eigenvalue weighted by Crippen LogP contribution is 2.26.